The summed E-state index contributed by atoms with van der Waals surface area (Å²) in [6.45, 7) is 4.23. The molecule has 0 spiro atoms. The molecule has 1 aromatic rings. The Morgan fingerprint density at radius 3 is 2.79 bits per heavy atom. The molecule has 1 fully saturated rings. The van der Waals surface area contributed by atoms with Crippen LogP contribution in [0.25, 0.3) is 0 Å². The van der Waals surface area contributed by atoms with E-state index in [4.69, 9.17) is 5.11 Å². The predicted octanol–water partition coefficient (Wildman–Crippen LogP) is 1.72. The molecule has 2 N–H and O–H groups in total. The van der Waals surface area contributed by atoms with Gasteiger partial charge in [0, 0.05) is 19.3 Å². The molecule has 0 bridgehead atoms. The van der Waals surface area contributed by atoms with Crippen molar-refractivity contribution in [2.75, 3.05) is 18.4 Å². The number of aryl methyl sites for hydroxylation is 1. The second-order valence-corrected chi connectivity index (χ2v) is 5.22. The van der Waals surface area contributed by atoms with Crippen LogP contribution < -0.4 is 5.32 Å². The van der Waals surface area contributed by atoms with Crippen LogP contribution in [0.15, 0.2) is 18.5 Å². The minimum atomic E-state index is -0.861. The molecule has 1 saturated heterocycles. The quantitative estimate of drug-likeness (QED) is 0.851. The monoisotopic (exact) mass is 263 g/mol. The summed E-state index contributed by atoms with van der Waals surface area (Å²) in [7, 11) is 0. The van der Waals surface area contributed by atoms with Gasteiger partial charge in [-0.25, -0.2) is 4.79 Å². The highest BCUT2D eigenvalue weighted by atomic mass is 16.4. The molecule has 2 heterocycles. The first kappa shape index (κ1) is 13.3. The Labute approximate surface area is 111 Å². The van der Waals surface area contributed by atoms with Gasteiger partial charge >= 0.3 is 12.0 Å². The van der Waals surface area contributed by atoms with Gasteiger partial charge in [0.2, 0.25) is 0 Å². The van der Waals surface area contributed by atoms with Crippen LogP contribution in [-0.4, -0.2) is 40.1 Å². The summed E-state index contributed by atoms with van der Waals surface area (Å²) >= 11 is 0. The van der Waals surface area contributed by atoms with Crippen molar-refractivity contribution in [3.05, 3.63) is 24.0 Å². The molecule has 1 aromatic heterocycles. The summed E-state index contributed by atoms with van der Waals surface area (Å²) in [6, 6.07) is 1.54. The van der Waals surface area contributed by atoms with E-state index in [1.807, 2.05) is 13.0 Å². The van der Waals surface area contributed by atoms with Crippen LogP contribution in [0.2, 0.25) is 0 Å². The molecule has 6 nitrogen and oxygen atoms in total. The second kappa shape index (κ2) is 4.87. The minimum Gasteiger partial charge on any atom is -0.481 e. The lowest BCUT2D eigenvalue weighted by Gasteiger charge is -2.20. The molecule has 102 valence electrons. The summed E-state index contributed by atoms with van der Waals surface area (Å²) in [5.41, 5.74) is 0.728. The van der Waals surface area contributed by atoms with E-state index in [1.54, 1.807) is 19.3 Å². The summed E-state index contributed by atoms with van der Waals surface area (Å²) in [4.78, 5) is 28.7. The van der Waals surface area contributed by atoms with Gasteiger partial charge in [0.1, 0.15) is 0 Å². The average molecular weight is 263 g/mol. The summed E-state index contributed by atoms with van der Waals surface area (Å²) in [5, 5.41) is 11.9. The second-order valence-electron chi connectivity index (χ2n) is 5.22. The number of nitrogens with one attached hydrogen (secondary N) is 1. The highest BCUT2D eigenvalue weighted by Crippen LogP contribution is 2.30. The first-order chi connectivity index (χ1) is 8.90. The van der Waals surface area contributed by atoms with Gasteiger partial charge in [-0.15, -0.1) is 0 Å². The van der Waals surface area contributed by atoms with Crippen LogP contribution in [0.1, 0.15) is 18.9 Å². The van der Waals surface area contributed by atoms with Crippen molar-refractivity contribution in [3.63, 3.8) is 0 Å². The van der Waals surface area contributed by atoms with Crippen LogP contribution in [0, 0.1) is 12.3 Å². The van der Waals surface area contributed by atoms with Gasteiger partial charge in [0.25, 0.3) is 0 Å². The maximum atomic E-state index is 12.0. The number of carboxylic acids is 1. The van der Waals surface area contributed by atoms with E-state index in [2.05, 4.69) is 10.3 Å². The molecule has 1 unspecified atom stereocenters. The lowest BCUT2D eigenvalue weighted by molar-refractivity contribution is -0.146. The molecule has 0 radical (unpaired) electrons. The number of urea groups is 1. The number of carbonyl (C=O) groups excluding carboxylic acids is 1. The van der Waals surface area contributed by atoms with E-state index in [1.165, 1.54) is 4.90 Å². The zero-order chi connectivity index (χ0) is 14.0. The number of aromatic nitrogens is 1. The van der Waals surface area contributed by atoms with Crippen molar-refractivity contribution in [3.8, 4) is 0 Å². The minimum absolute atomic E-state index is 0.230. The van der Waals surface area contributed by atoms with Gasteiger partial charge in [-0.05, 0) is 31.9 Å². The highest BCUT2D eigenvalue weighted by Gasteiger charge is 2.42. The van der Waals surface area contributed by atoms with Gasteiger partial charge in [-0.1, -0.05) is 0 Å². The van der Waals surface area contributed by atoms with E-state index in [0.29, 0.717) is 18.7 Å². The highest BCUT2D eigenvalue weighted by molar-refractivity contribution is 5.90. The number of carbonyl (C=O) groups is 2. The van der Waals surface area contributed by atoms with Gasteiger partial charge in [-0.2, -0.15) is 0 Å². The number of aliphatic carboxylic acids is 1. The lowest BCUT2D eigenvalue weighted by Crippen LogP contribution is -2.37. The van der Waals surface area contributed by atoms with Crippen LogP contribution >= 0.6 is 0 Å². The van der Waals surface area contributed by atoms with E-state index in [9.17, 15) is 9.59 Å². The number of anilines is 1. The van der Waals surface area contributed by atoms with Crippen LogP contribution in [0.5, 0.6) is 0 Å². The van der Waals surface area contributed by atoms with Gasteiger partial charge in [-0.3, -0.25) is 9.78 Å². The molecule has 1 atom stereocenters. The number of hydrogen-bond donors (Lipinski definition) is 2. The summed E-state index contributed by atoms with van der Waals surface area (Å²) < 4.78 is 0. The first-order valence-corrected chi connectivity index (χ1v) is 6.12. The Morgan fingerprint density at radius 1 is 1.47 bits per heavy atom. The van der Waals surface area contributed by atoms with Crippen molar-refractivity contribution < 1.29 is 14.7 Å². The van der Waals surface area contributed by atoms with Crippen molar-refractivity contribution in [2.45, 2.75) is 20.3 Å². The number of carboxylic acid groups (broad SMARTS) is 1. The fourth-order valence-corrected chi connectivity index (χ4v) is 2.13. The van der Waals surface area contributed by atoms with E-state index in [-0.39, 0.29) is 12.6 Å². The van der Waals surface area contributed by atoms with E-state index < -0.39 is 11.4 Å². The summed E-state index contributed by atoms with van der Waals surface area (Å²) in [6.07, 6.45) is 3.74. The Hall–Kier alpha value is -2.11. The molecular weight excluding hydrogens is 246 g/mol. The molecule has 1 aliphatic rings. The lowest BCUT2D eigenvalue weighted by atomic mass is 9.90. The third kappa shape index (κ3) is 2.83. The van der Waals surface area contributed by atoms with Crippen molar-refractivity contribution in [1.29, 1.82) is 0 Å². The number of rotatable bonds is 2. The molecule has 2 amide bonds. The zero-order valence-electron chi connectivity index (χ0n) is 11.0. The van der Waals surface area contributed by atoms with Crippen molar-refractivity contribution >= 4 is 17.7 Å². The normalized spacial score (nSPS) is 22.3. The Morgan fingerprint density at radius 2 is 2.21 bits per heavy atom. The Balaban J connectivity index is 2.01. The third-order valence-corrected chi connectivity index (χ3v) is 3.40. The average Bonchev–Trinajstić information content (AvgIpc) is 2.73. The molecule has 19 heavy (non-hydrogen) atoms. The fourth-order valence-electron chi connectivity index (χ4n) is 2.13. The Kier molecular flexibility index (Phi) is 3.42. The largest absolute Gasteiger partial charge is 0.481 e. The van der Waals surface area contributed by atoms with Crippen LogP contribution in [0.4, 0.5) is 10.5 Å². The summed E-state index contributed by atoms with van der Waals surface area (Å²) in [5.74, 6) is -0.861. The smallest absolute Gasteiger partial charge is 0.321 e. The molecule has 6 heteroatoms. The number of nitrogens with zero attached hydrogens (tertiary/aromatic N) is 2. The molecule has 0 saturated carbocycles. The Bertz CT molecular complexity index is 518. The van der Waals surface area contributed by atoms with Crippen molar-refractivity contribution in [1.82, 2.24) is 9.88 Å². The SMILES string of the molecule is Cc1cncc(NC(=O)N2CCC(C)(C(=O)O)C2)c1. The maximum absolute atomic E-state index is 12.0. The fraction of sp³-hybridized carbons (Fsp3) is 0.462. The van der Waals surface area contributed by atoms with Crippen LogP contribution in [0.3, 0.4) is 0 Å². The first-order valence-electron chi connectivity index (χ1n) is 6.12. The molecular formula is C13H17N3O3. The number of likely N-dealkylation sites (tertiary alicyclic amines) is 1. The predicted molar refractivity (Wildman–Crippen MR) is 69.9 cm³/mol. The number of amides is 2. The molecule has 0 aliphatic carbocycles. The van der Waals surface area contributed by atoms with Gasteiger partial charge in [0.05, 0.1) is 17.3 Å². The third-order valence-electron chi connectivity index (χ3n) is 3.40. The van der Waals surface area contributed by atoms with E-state index in [0.717, 1.165) is 5.56 Å². The van der Waals surface area contributed by atoms with Crippen molar-refractivity contribution in [2.24, 2.45) is 5.41 Å². The van der Waals surface area contributed by atoms with Crippen LogP contribution in [-0.2, 0) is 4.79 Å². The molecule has 2 rings (SSSR count). The standard InChI is InChI=1S/C13H17N3O3/c1-9-5-10(7-14-6-9)15-12(19)16-4-3-13(2,8-16)11(17)18/h5-7H,3-4,8H2,1-2H3,(H,15,19)(H,17,18). The molecule has 1 aliphatic heterocycles. The van der Waals surface area contributed by atoms with Gasteiger partial charge in [0.15, 0.2) is 0 Å². The van der Waals surface area contributed by atoms with Gasteiger partial charge < -0.3 is 15.3 Å². The zero-order valence-corrected chi connectivity index (χ0v) is 11.0. The molecule has 0 aromatic carbocycles. The topological polar surface area (TPSA) is 82.5 Å². The number of pyridine rings is 1. The number of hydrogen-bond acceptors (Lipinski definition) is 3. The maximum Gasteiger partial charge on any atom is 0.321 e. The van der Waals surface area contributed by atoms with E-state index >= 15 is 0 Å².